The lowest BCUT2D eigenvalue weighted by Crippen LogP contribution is -2.41. The second-order valence-electron chi connectivity index (χ2n) is 6.56. The van der Waals surface area contributed by atoms with Crippen LogP contribution in [0.15, 0.2) is 53.9 Å². The minimum Gasteiger partial charge on any atom is -0.354 e. The Balaban J connectivity index is 1.43. The predicted octanol–water partition coefficient (Wildman–Crippen LogP) is 2.63. The Morgan fingerprint density at radius 2 is 2.00 bits per heavy atom. The van der Waals surface area contributed by atoms with Crippen LogP contribution in [-0.2, 0) is 4.79 Å². The Hall–Kier alpha value is -2.94. The molecule has 3 heterocycles. The van der Waals surface area contributed by atoms with Gasteiger partial charge in [-0.25, -0.2) is 9.67 Å². The highest BCUT2D eigenvalue weighted by molar-refractivity contribution is 7.98. The zero-order valence-corrected chi connectivity index (χ0v) is 16.3. The van der Waals surface area contributed by atoms with Crippen molar-refractivity contribution in [1.29, 1.82) is 0 Å². The lowest BCUT2D eigenvalue weighted by atomic mass is 9.97. The lowest BCUT2D eigenvalue weighted by Gasteiger charge is -2.32. The van der Waals surface area contributed by atoms with Gasteiger partial charge in [0.1, 0.15) is 12.7 Å². The highest BCUT2D eigenvalue weighted by Crippen LogP contribution is 2.27. The van der Waals surface area contributed by atoms with E-state index < -0.39 is 0 Å². The summed E-state index contributed by atoms with van der Waals surface area (Å²) in [6, 6.07) is 11.6. The Morgan fingerprint density at radius 1 is 1.18 bits per heavy atom. The number of para-hydroxylation sites is 1. The number of piperidine rings is 1. The number of carbonyl (C=O) groups is 1. The van der Waals surface area contributed by atoms with Gasteiger partial charge in [0.15, 0.2) is 11.6 Å². The molecule has 1 saturated heterocycles. The number of hydrogen-bond acceptors (Lipinski definition) is 7. The van der Waals surface area contributed by atoms with E-state index in [-0.39, 0.29) is 11.8 Å². The van der Waals surface area contributed by atoms with Gasteiger partial charge in [0.05, 0.1) is 11.6 Å². The van der Waals surface area contributed by atoms with E-state index in [1.165, 1.54) is 6.33 Å². The first-order valence-corrected chi connectivity index (χ1v) is 10.3. The third-order valence-corrected chi connectivity index (χ3v) is 5.57. The van der Waals surface area contributed by atoms with Gasteiger partial charge in [-0.05, 0) is 43.4 Å². The molecule has 1 unspecified atom stereocenters. The van der Waals surface area contributed by atoms with E-state index in [0.29, 0.717) is 12.4 Å². The van der Waals surface area contributed by atoms with E-state index in [9.17, 15) is 4.79 Å². The lowest BCUT2D eigenvalue weighted by molar-refractivity contribution is -0.120. The predicted molar refractivity (Wildman–Crippen MR) is 109 cm³/mol. The molecular weight excluding hydrogens is 374 g/mol. The number of thioether (sulfide) groups is 1. The molecule has 1 aliphatic heterocycles. The fraction of sp³-hybridized carbons (Fsp3) is 0.316. The van der Waals surface area contributed by atoms with Crippen LogP contribution in [0.3, 0.4) is 0 Å². The number of hydrogen-bond donors (Lipinski definition) is 1. The van der Waals surface area contributed by atoms with Gasteiger partial charge >= 0.3 is 0 Å². The maximum Gasteiger partial charge on any atom is 0.229 e. The number of amides is 1. The Labute approximate surface area is 167 Å². The fourth-order valence-electron chi connectivity index (χ4n) is 3.32. The van der Waals surface area contributed by atoms with Crippen molar-refractivity contribution in [2.75, 3.05) is 29.6 Å². The third kappa shape index (κ3) is 3.99. The van der Waals surface area contributed by atoms with Crippen molar-refractivity contribution in [3.05, 3.63) is 49.1 Å². The summed E-state index contributed by atoms with van der Waals surface area (Å²) in [5.41, 5.74) is 0.870. The molecular formula is C19H21N7OS. The van der Waals surface area contributed by atoms with Gasteiger partial charge < -0.3 is 10.2 Å². The number of rotatable bonds is 5. The standard InChI is InChI=1S/C19H21N7OS/c1-28-16-7-3-2-6-15(16)22-19(27)14-5-4-10-25(11-14)17-8-9-18(24-23-17)26-13-20-12-21-26/h2-3,6-9,12-14H,4-5,10-11H2,1H3,(H,22,27). The fourth-order valence-corrected chi connectivity index (χ4v) is 3.87. The third-order valence-electron chi connectivity index (χ3n) is 4.77. The van der Waals surface area contributed by atoms with E-state index in [0.717, 1.165) is 35.8 Å². The second-order valence-corrected chi connectivity index (χ2v) is 7.41. The van der Waals surface area contributed by atoms with Crippen LogP contribution in [0.2, 0.25) is 0 Å². The van der Waals surface area contributed by atoms with Gasteiger partial charge in [-0.3, -0.25) is 4.79 Å². The van der Waals surface area contributed by atoms with E-state index in [1.807, 2.05) is 42.7 Å². The zero-order valence-electron chi connectivity index (χ0n) is 15.5. The number of carbonyl (C=O) groups excluding carboxylic acids is 1. The van der Waals surface area contributed by atoms with Crippen LogP contribution in [0.1, 0.15) is 12.8 Å². The summed E-state index contributed by atoms with van der Waals surface area (Å²) < 4.78 is 1.56. The molecule has 8 nitrogen and oxygen atoms in total. The molecule has 0 bridgehead atoms. The van der Waals surface area contributed by atoms with Crippen LogP contribution in [-0.4, -0.2) is 50.2 Å². The van der Waals surface area contributed by atoms with Crippen molar-refractivity contribution in [2.45, 2.75) is 17.7 Å². The van der Waals surface area contributed by atoms with Gasteiger partial charge in [0, 0.05) is 18.0 Å². The van der Waals surface area contributed by atoms with Crippen LogP contribution in [0.25, 0.3) is 5.82 Å². The molecule has 0 aliphatic carbocycles. The summed E-state index contributed by atoms with van der Waals surface area (Å²) in [4.78, 5) is 19.9. The molecule has 1 aromatic carbocycles. The van der Waals surface area contributed by atoms with E-state index in [1.54, 1.807) is 22.8 Å². The number of benzene rings is 1. The zero-order chi connectivity index (χ0) is 19.3. The summed E-state index contributed by atoms with van der Waals surface area (Å²) in [6.45, 7) is 1.49. The molecule has 9 heteroatoms. The molecule has 28 heavy (non-hydrogen) atoms. The van der Waals surface area contributed by atoms with Gasteiger partial charge in [-0.1, -0.05) is 12.1 Å². The van der Waals surface area contributed by atoms with Gasteiger partial charge in [0.25, 0.3) is 0 Å². The van der Waals surface area contributed by atoms with Crippen LogP contribution in [0.4, 0.5) is 11.5 Å². The maximum absolute atomic E-state index is 12.8. The van der Waals surface area contributed by atoms with Crippen molar-refractivity contribution in [3.63, 3.8) is 0 Å². The van der Waals surface area contributed by atoms with Crippen molar-refractivity contribution in [2.24, 2.45) is 5.92 Å². The molecule has 1 amide bonds. The van der Waals surface area contributed by atoms with Crippen molar-refractivity contribution in [3.8, 4) is 5.82 Å². The Kier molecular flexibility index (Phi) is 5.52. The first-order valence-electron chi connectivity index (χ1n) is 9.12. The average Bonchev–Trinajstić information content (AvgIpc) is 3.29. The number of anilines is 2. The minimum absolute atomic E-state index is 0.0541. The summed E-state index contributed by atoms with van der Waals surface area (Å²) in [5.74, 6) is 1.35. The quantitative estimate of drug-likeness (QED) is 0.664. The molecule has 1 atom stereocenters. The van der Waals surface area contributed by atoms with E-state index in [2.05, 4.69) is 30.5 Å². The summed E-state index contributed by atoms with van der Waals surface area (Å²) in [5, 5.41) is 15.7. The normalized spacial score (nSPS) is 16.8. The first kappa shape index (κ1) is 18.4. The molecule has 144 valence electrons. The summed E-state index contributed by atoms with van der Waals surface area (Å²) in [6.07, 6.45) is 6.86. The number of nitrogens with one attached hydrogen (secondary N) is 1. The summed E-state index contributed by atoms with van der Waals surface area (Å²) in [7, 11) is 0. The number of nitrogens with zero attached hydrogens (tertiary/aromatic N) is 6. The van der Waals surface area contributed by atoms with E-state index in [4.69, 9.17) is 0 Å². The Bertz CT molecular complexity index is 930. The summed E-state index contributed by atoms with van der Waals surface area (Å²) >= 11 is 1.63. The number of aromatic nitrogens is 5. The molecule has 1 fully saturated rings. The first-order chi connectivity index (χ1) is 13.7. The maximum atomic E-state index is 12.8. The molecule has 0 radical (unpaired) electrons. The molecule has 1 aliphatic rings. The monoisotopic (exact) mass is 395 g/mol. The minimum atomic E-state index is -0.0829. The van der Waals surface area contributed by atoms with Crippen LogP contribution in [0, 0.1) is 5.92 Å². The van der Waals surface area contributed by atoms with Gasteiger partial charge in [-0.15, -0.1) is 22.0 Å². The molecule has 1 N–H and O–H groups in total. The topological polar surface area (TPSA) is 88.8 Å². The average molecular weight is 395 g/mol. The molecule has 2 aromatic heterocycles. The van der Waals surface area contributed by atoms with Crippen LogP contribution >= 0.6 is 11.8 Å². The molecule has 0 spiro atoms. The SMILES string of the molecule is CSc1ccccc1NC(=O)C1CCCN(c2ccc(-n3cncn3)nn2)C1. The molecule has 4 rings (SSSR count). The second kappa shape index (κ2) is 8.39. The van der Waals surface area contributed by atoms with Crippen LogP contribution in [0.5, 0.6) is 0 Å². The van der Waals surface area contributed by atoms with Crippen LogP contribution < -0.4 is 10.2 Å². The van der Waals surface area contributed by atoms with Gasteiger partial charge in [0.2, 0.25) is 5.91 Å². The van der Waals surface area contributed by atoms with Crippen molar-refractivity contribution < 1.29 is 4.79 Å². The van der Waals surface area contributed by atoms with Crippen molar-refractivity contribution >= 4 is 29.2 Å². The van der Waals surface area contributed by atoms with E-state index >= 15 is 0 Å². The Morgan fingerprint density at radius 3 is 2.75 bits per heavy atom. The highest BCUT2D eigenvalue weighted by atomic mass is 32.2. The molecule has 3 aromatic rings. The van der Waals surface area contributed by atoms with Gasteiger partial charge in [-0.2, -0.15) is 5.10 Å². The molecule has 0 saturated carbocycles. The van der Waals surface area contributed by atoms with Crippen molar-refractivity contribution in [1.82, 2.24) is 25.0 Å². The smallest absolute Gasteiger partial charge is 0.229 e. The highest BCUT2D eigenvalue weighted by Gasteiger charge is 2.27. The largest absolute Gasteiger partial charge is 0.354 e.